The average Bonchev–Trinajstić information content (AvgIpc) is 1.41. The van der Waals surface area contributed by atoms with Crippen LogP contribution in [0, 0.1) is 23.2 Å². The maximum atomic E-state index is 14.1. The number of allylic oxidation sites excluding steroid dienone is 1. The predicted molar refractivity (Wildman–Crippen MR) is 531 cm³/mol. The van der Waals surface area contributed by atoms with E-state index in [9.17, 15) is 107 Å². The number of carboxylic acid groups (broad SMARTS) is 6. The molecule has 0 saturated heterocycles. The molecule has 0 spiro atoms. The van der Waals surface area contributed by atoms with E-state index in [0.717, 1.165) is 82.6 Å². The van der Waals surface area contributed by atoms with Gasteiger partial charge in [0.15, 0.2) is 5.78 Å². The quantitative estimate of drug-likeness (QED) is 0.0216. The van der Waals surface area contributed by atoms with Crippen LogP contribution in [-0.4, -0.2) is 306 Å². The van der Waals surface area contributed by atoms with Gasteiger partial charge in [0.25, 0.3) is 0 Å². The highest BCUT2D eigenvalue weighted by Crippen LogP contribution is 2.29. The molecule has 0 aliphatic carbocycles. The molecular weight excluding hydrogens is 1890 g/mol. The third kappa shape index (κ3) is 66.6. The van der Waals surface area contributed by atoms with Crippen molar-refractivity contribution in [2.45, 2.75) is 283 Å². The molecule has 814 valence electrons. The zero-order valence-electron chi connectivity index (χ0n) is 84.8. The van der Waals surface area contributed by atoms with Crippen LogP contribution in [-0.2, 0) is 115 Å². The van der Waals surface area contributed by atoms with Gasteiger partial charge in [-0.15, -0.1) is 0 Å². The fourth-order valence-corrected chi connectivity index (χ4v) is 15.2. The number of hydrogen-bond donors (Lipinski definition) is 12. The number of ether oxygens (including phenoxy) is 10. The minimum atomic E-state index is -1.48. The number of nitrogens with zero attached hydrogens (tertiary/aromatic N) is 1. The Hall–Kier alpha value is -11.1. The predicted octanol–water partition coefficient (Wildman–Crippen LogP) is 10.4. The summed E-state index contributed by atoms with van der Waals surface area (Å²) in [5.41, 5.74) is -0.0311. The first-order valence-corrected chi connectivity index (χ1v) is 51.1. The molecule has 0 saturated carbocycles. The first-order chi connectivity index (χ1) is 69.7. The lowest BCUT2D eigenvalue weighted by Gasteiger charge is -2.25. The van der Waals surface area contributed by atoms with Gasteiger partial charge >= 0.3 is 35.8 Å². The Morgan fingerprint density at radius 3 is 1.28 bits per heavy atom. The van der Waals surface area contributed by atoms with Crippen molar-refractivity contribution in [3.8, 4) is 11.5 Å². The van der Waals surface area contributed by atoms with Crippen molar-refractivity contribution < 1.29 is 164 Å². The van der Waals surface area contributed by atoms with Crippen LogP contribution in [0.2, 0.25) is 0 Å². The number of rotatable bonds is 99. The summed E-state index contributed by atoms with van der Waals surface area (Å²) in [7, 11) is 0. The maximum Gasteiger partial charge on any atom is 0.335 e. The molecule has 12 N–H and O–H groups in total. The van der Waals surface area contributed by atoms with Gasteiger partial charge in [-0.3, -0.25) is 76.9 Å². The maximum absolute atomic E-state index is 14.1. The van der Waals surface area contributed by atoms with Gasteiger partial charge in [0.1, 0.15) is 78.7 Å². The second kappa shape index (κ2) is 81.1. The van der Waals surface area contributed by atoms with E-state index in [2.05, 4.69) is 36.9 Å². The monoisotopic (exact) mass is 2050 g/mol. The van der Waals surface area contributed by atoms with Gasteiger partial charge in [0.05, 0.1) is 120 Å². The number of nitrogens with one attached hydrogen (secondary N) is 6. The number of carboxylic acids is 6. The van der Waals surface area contributed by atoms with Gasteiger partial charge in [0.2, 0.25) is 29.5 Å². The van der Waals surface area contributed by atoms with E-state index in [-0.39, 0.29) is 274 Å². The summed E-state index contributed by atoms with van der Waals surface area (Å²) >= 11 is 0. The fraction of sp³-hybridized carbons (Fsp3) is 0.683. The zero-order valence-corrected chi connectivity index (χ0v) is 84.8. The van der Waals surface area contributed by atoms with Crippen LogP contribution >= 0.6 is 0 Å². The molecule has 3 rings (SSSR count). The molecule has 0 radical (unpaired) electrons. The van der Waals surface area contributed by atoms with Crippen molar-refractivity contribution in [3.05, 3.63) is 71.4 Å². The lowest BCUT2D eigenvalue weighted by atomic mass is 9.76. The Morgan fingerprint density at radius 1 is 0.331 bits per heavy atom. The second-order valence-electron chi connectivity index (χ2n) is 36.4. The summed E-state index contributed by atoms with van der Waals surface area (Å²) in [4.78, 5) is 229. The smallest absolute Gasteiger partial charge is 0.335 e. The summed E-state index contributed by atoms with van der Waals surface area (Å²) in [6.07, 6.45) is 19.5. The summed E-state index contributed by atoms with van der Waals surface area (Å²) < 4.78 is 54.9. The number of aliphatic carboxylic acids is 4. The van der Waals surface area contributed by atoms with Gasteiger partial charge < -0.3 is 110 Å². The summed E-state index contributed by atoms with van der Waals surface area (Å²) in [6, 6.07) is 10.3. The third-order valence-electron chi connectivity index (χ3n) is 24.0. The van der Waals surface area contributed by atoms with Crippen LogP contribution in [0.5, 0.6) is 11.5 Å². The Morgan fingerprint density at radius 2 is 0.779 bits per heavy atom. The summed E-state index contributed by atoms with van der Waals surface area (Å²) in [6.45, 7) is 4.98. The third-order valence-corrected chi connectivity index (χ3v) is 24.0. The Kier molecular flexibility index (Phi) is 71.6. The molecule has 41 nitrogen and oxygen atoms in total. The van der Waals surface area contributed by atoms with Crippen molar-refractivity contribution in [3.63, 3.8) is 0 Å². The van der Waals surface area contributed by atoms with E-state index in [1.807, 2.05) is 0 Å². The minimum Gasteiger partial charge on any atom is -0.494 e. The Labute approximate surface area is 849 Å². The normalized spacial score (nSPS) is 12.7. The molecule has 0 bridgehead atoms. The zero-order chi connectivity index (χ0) is 106. The highest BCUT2D eigenvalue weighted by Gasteiger charge is 2.38. The van der Waals surface area contributed by atoms with E-state index in [1.165, 1.54) is 38.1 Å². The number of hydrogen-bond acceptors (Lipinski definition) is 30. The van der Waals surface area contributed by atoms with Crippen molar-refractivity contribution >= 4 is 112 Å². The molecule has 0 unspecified atom stereocenters. The molecule has 0 fully saturated rings. The molecule has 145 heavy (non-hydrogen) atoms. The largest absolute Gasteiger partial charge is 0.494 e. The van der Waals surface area contributed by atoms with Crippen LogP contribution in [0.1, 0.15) is 291 Å². The number of aromatic carboxylic acids is 2. The molecule has 1 heterocycles. The van der Waals surface area contributed by atoms with Gasteiger partial charge in [-0.25, -0.2) is 14.4 Å². The SMILES string of the molecule is CC(C)(C(=O)CCCC1=CN=CC1)C(=O)C[C@@H](CCC(=O)O)C(=O)CN[C@@H](CCCCNC(=O)COCCOCCCC(=O)COCCOCCNC(=O)CC[C@H](CC(=O)CCCCCCCCCOc1ccc(C(=O)O)cc1)C(=O)O)C(=O)CC[C@@H](CCCCNC(=O)COCCOCCNC(=O)COCCOCCCC(=O)CC[C@H](NC(=O)CCCCCCCCCOc1ccc(C(=O)O)cc1)C(=O)O)C(=O)O. The average molecular weight is 2050 g/mol. The highest BCUT2D eigenvalue weighted by atomic mass is 16.5. The molecule has 0 aromatic heterocycles. The number of Topliss-reactive ketones (excluding diaryl/α,β-unsaturated/α-hetero) is 7. The first-order valence-electron chi connectivity index (χ1n) is 51.1. The van der Waals surface area contributed by atoms with Gasteiger partial charge in [-0.1, -0.05) is 70.6 Å². The molecule has 2 aromatic carbocycles. The second-order valence-corrected chi connectivity index (χ2v) is 36.4. The standard InChI is InChI=1S/C104H159N7O34/c1-104(2,91(117)30-21-24-76-48-51-105-70-76)92(118)69-80(38-47-98(124)125)90(116)71-110-87(29-16-18-50-107-96(122)73-141-65-61-137-55-23-28-84(114)72-140-64-62-138-58-52-108-93(119)46-37-81(102(132)133)68-83(113)26-13-9-5-3-7-11-19-56-144-85-40-32-78(33-41-85)100(128)129)89(115)45-36-77(99(126)127)25-15-17-49-106-95(121)74-143-67-63-139-59-53-109-97(123)75-142-66-60-136-54-22-27-82(112)39-44-88(103(134)135)111-94(120)31-14-10-6-4-8-12-20-57-145-86-42-34-79(35-43-86)101(130)131/h32-35,40-43,51,70,77,80-81,87-88,110H,3-31,36-39,44-50,52-69,71-75H2,1-2H3,(H,106,121)(H,107,122)(H,108,119)(H,109,123)(H,111,120)(H,124,125)(H,126,127)(H,128,129)(H,130,131)(H,132,133)(H,134,135)/t77-,80-,81-,87+,88+/m1/s1. The van der Waals surface area contributed by atoms with Crippen LogP contribution in [0.4, 0.5) is 0 Å². The Bertz CT molecular complexity index is 4260. The summed E-state index contributed by atoms with van der Waals surface area (Å²) in [5.74, 6) is -12.8. The molecule has 1 aliphatic heterocycles. The molecule has 1 aliphatic rings. The number of carbonyl (C=O) groups excluding carboxylic acids is 12. The molecule has 5 atom stereocenters. The van der Waals surface area contributed by atoms with Gasteiger partial charge in [-0.05, 0) is 177 Å². The number of carbonyl (C=O) groups is 18. The number of unbranched alkanes of at least 4 members (excludes halogenated alkanes) is 14. The number of aliphatic imine (C=N–C) groups is 1. The lowest BCUT2D eigenvalue weighted by molar-refractivity contribution is -0.144. The van der Waals surface area contributed by atoms with Crippen molar-refractivity contribution in [2.24, 2.45) is 28.2 Å². The van der Waals surface area contributed by atoms with Crippen LogP contribution in [0.25, 0.3) is 0 Å². The van der Waals surface area contributed by atoms with E-state index < -0.39 is 126 Å². The van der Waals surface area contributed by atoms with Crippen molar-refractivity contribution in [1.82, 2.24) is 31.9 Å². The molecule has 5 amide bonds. The minimum absolute atomic E-state index is 0.0136. The molecule has 2 aromatic rings. The highest BCUT2D eigenvalue weighted by molar-refractivity contribution is 6.07. The van der Waals surface area contributed by atoms with Crippen LogP contribution < -0.4 is 41.4 Å². The van der Waals surface area contributed by atoms with E-state index >= 15 is 0 Å². The Balaban J connectivity index is 1.26. The lowest BCUT2D eigenvalue weighted by Crippen LogP contribution is -2.42. The van der Waals surface area contributed by atoms with E-state index in [1.54, 1.807) is 36.7 Å². The molecular formula is C104H159N7O34. The number of ketones is 7. The van der Waals surface area contributed by atoms with Gasteiger partial charge in [-0.2, -0.15) is 0 Å². The van der Waals surface area contributed by atoms with Crippen LogP contribution in [0.3, 0.4) is 0 Å². The number of benzene rings is 2. The van der Waals surface area contributed by atoms with Gasteiger partial charge in [0, 0.05) is 135 Å². The molecule has 41 heteroatoms. The van der Waals surface area contributed by atoms with Crippen LogP contribution in [0.15, 0.2) is 65.3 Å². The van der Waals surface area contributed by atoms with E-state index in [0.29, 0.717) is 95.3 Å². The first kappa shape index (κ1) is 128. The van der Waals surface area contributed by atoms with E-state index in [4.69, 9.17) is 57.6 Å². The summed E-state index contributed by atoms with van der Waals surface area (Å²) in [5, 5.41) is 73.5. The fourth-order valence-electron chi connectivity index (χ4n) is 15.2. The topological polar surface area (TPSA) is 605 Å². The van der Waals surface area contributed by atoms with Crippen molar-refractivity contribution in [1.29, 1.82) is 0 Å². The number of amides is 5. The van der Waals surface area contributed by atoms with Crippen molar-refractivity contribution in [2.75, 3.05) is 152 Å².